The van der Waals surface area contributed by atoms with E-state index in [1.807, 2.05) is 0 Å². The maximum Gasteiger partial charge on any atom is 6.00 e. The first-order chi connectivity index (χ1) is 17.5. The van der Waals surface area contributed by atoms with Crippen LogP contribution in [-0.2, 0) is 49.8 Å². The summed E-state index contributed by atoms with van der Waals surface area (Å²) in [5, 5.41) is 57.2. The van der Waals surface area contributed by atoms with Gasteiger partial charge in [-0.1, -0.05) is 38.5 Å². The second-order valence-corrected chi connectivity index (χ2v) is 6.08. The Morgan fingerprint density at radius 1 is 0.297 bits per heavy atom. The monoisotopic (exact) mass is 706 g/mol. The second kappa shape index (κ2) is 76.5. The van der Waals surface area contributed by atoms with Crippen molar-refractivity contribution in [3.63, 3.8) is 0 Å². The van der Waals surface area contributed by atoms with Gasteiger partial charge in [-0.3, -0.25) is 0 Å². The van der Waals surface area contributed by atoms with Gasteiger partial charge in [-0.15, -0.1) is 39.6 Å². The summed E-state index contributed by atoms with van der Waals surface area (Å²) in [6.45, 7) is -0.757. The van der Waals surface area contributed by atoms with Crippen LogP contribution in [0.1, 0.15) is 77.0 Å². The van der Waals surface area contributed by atoms with Crippen LogP contribution in [0.3, 0.4) is 0 Å². The fourth-order valence-corrected chi connectivity index (χ4v) is 1.00. The molecule has 13 heteroatoms. The molecule has 0 N–H and O–H groups in total. The van der Waals surface area contributed by atoms with Crippen LogP contribution in [0.4, 0.5) is 0 Å². The van der Waals surface area contributed by atoms with E-state index in [2.05, 4.69) is 0 Å². The zero-order valence-corrected chi connectivity index (χ0v) is 24.4. The summed E-state index contributed by atoms with van der Waals surface area (Å²) < 4.78 is 0. The molecule has 0 aromatic rings. The molecule has 0 radical (unpaired) electrons. The zero-order chi connectivity index (χ0) is 29.0. The number of aldehydes is 6. The molecule has 0 saturated carbocycles. The molecule has 0 aromatic heterocycles. The molecule has 37 heavy (non-hydrogen) atoms. The quantitative estimate of drug-likeness (QED) is 0.0978. The fourth-order valence-electron chi connectivity index (χ4n) is 1.00. The molecule has 0 aliphatic rings. The van der Waals surface area contributed by atoms with Gasteiger partial charge in [0.15, 0.2) is 0 Å². The van der Waals surface area contributed by atoms with Gasteiger partial charge in [0.05, 0.1) is 0 Å². The third-order valence-corrected chi connectivity index (χ3v) is 2.80. The van der Waals surface area contributed by atoms with Gasteiger partial charge in [-0.2, -0.15) is 0 Å². The van der Waals surface area contributed by atoms with E-state index in [0.717, 1.165) is 37.7 Å². The van der Waals surface area contributed by atoms with Crippen molar-refractivity contribution in [3.8, 4) is 0 Å². The molecule has 0 heterocycles. The zero-order valence-electron chi connectivity index (χ0n) is 21.5. The van der Waals surface area contributed by atoms with E-state index in [9.17, 15) is 59.4 Å². The van der Waals surface area contributed by atoms with Crippen molar-refractivity contribution in [2.24, 2.45) is 0 Å². The minimum Gasteiger partial charge on any atom is -0.854 e. The molecule has 216 valence electrons. The third kappa shape index (κ3) is 134. The molecule has 0 aromatic carbocycles. The van der Waals surface area contributed by atoms with Crippen LogP contribution in [0, 0.1) is 0 Å². The summed E-state index contributed by atoms with van der Waals surface area (Å²) in [6.07, 6.45) is 10.0. The van der Waals surface area contributed by atoms with E-state index in [0.29, 0.717) is 77.0 Å². The summed E-state index contributed by atoms with van der Waals surface area (Å²) in [6, 6.07) is 0. The molecule has 12 nitrogen and oxygen atoms in total. The molecule has 0 aliphatic heterocycles. The minimum absolute atomic E-state index is 0. The summed E-state index contributed by atoms with van der Waals surface area (Å²) in [7, 11) is 0. The van der Waals surface area contributed by atoms with E-state index in [1.54, 1.807) is 0 Å². The summed E-state index contributed by atoms with van der Waals surface area (Å²) in [5.74, 6) is 0. The molecule has 0 saturated heterocycles. The Hall–Kier alpha value is -1.53. The molecular weight excluding hydrogens is 664 g/mol. The SMILES string of the molecule is O=CCCC[O-].O=CCCC[O-].O=CCCC[O-].O=CCCC[O-].O=CCCC[O-].O=CCCC[O-].[W+6]. The van der Waals surface area contributed by atoms with Crippen LogP contribution in [0.2, 0.25) is 0 Å². The Morgan fingerprint density at radius 2 is 0.405 bits per heavy atom. The summed E-state index contributed by atoms with van der Waals surface area (Å²) in [5.41, 5.74) is 0. The molecule has 0 amide bonds. The number of rotatable bonds is 18. The van der Waals surface area contributed by atoms with Crippen LogP contribution >= 0.6 is 0 Å². The Balaban J connectivity index is -0.0000000581. The normalized spacial score (nSPS) is 7.95. The standard InChI is InChI=1S/6C4H7O2.W/c6*5-3-1-2-4-6;/h6*3H,1-2,4H2;/q6*-1;+6. The molecule has 0 spiro atoms. The van der Waals surface area contributed by atoms with Gasteiger partial charge in [-0.05, 0) is 0 Å². The summed E-state index contributed by atoms with van der Waals surface area (Å²) in [4.78, 5) is 56.5. The topological polar surface area (TPSA) is 241 Å². The third-order valence-electron chi connectivity index (χ3n) is 2.80. The first-order valence-corrected chi connectivity index (χ1v) is 11.6. The van der Waals surface area contributed by atoms with Crippen molar-refractivity contribution in [1.82, 2.24) is 0 Å². The molecule has 0 atom stereocenters. The van der Waals surface area contributed by atoms with Crippen molar-refractivity contribution in [1.29, 1.82) is 0 Å². The van der Waals surface area contributed by atoms with Crippen molar-refractivity contribution in [2.45, 2.75) is 77.0 Å². The Kier molecular flexibility index (Phi) is 107. The molecule has 0 bridgehead atoms. The second-order valence-electron chi connectivity index (χ2n) is 6.08. The van der Waals surface area contributed by atoms with Gasteiger partial charge in [0.2, 0.25) is 0 Å². The summed E-state index contributed by atoms with van der Waals surface area (Å²) >= 11 is 0. The number of carbonyl (C=O) groups is 6. The van der Waals surface area contributed by atoms with Gasteiger partial charge in [-0.25, -0.2) is 0 Å². The molecule has 0 aliphatic carbocycles. The Labute approximate surface area is 234 Å². The molecule has 0 fully saturated rings. The Bertz CT molecular complexity index is 307. The van der Waals surface area contributed by atoms with Crippen molar-refractivity contribution < 1.29 is 80.5 Å². The Morgan fingerprint density at radius 3 is 0.432 bits per heavy atom. The maximum atomic E-state index is 9.53. The van der Waals surface area contributed by atoms with Crippen molar-refractivity contribution in [3.05, 3.63) is 0 Å². The van der Waals surface area contributed by atoms with Crippen LogP contribution in [-0.4, -0.2) is 77.4 Å². The largest absolute Gasteiger partial charge is 6.00 e. The van der Waals surface area contributed by atoms with E-state index >= 15 is 0 Å². The number of hydrogen-bond acceptors (Lipinski definition) is 12. The van der Waals surface area contributed by atoms with E-state index < -0.39 is 0 Å². The average molecular weight is 706 g/mol. The first-order valence-electron chi connectivity index (χ1n) is 11.6. The number of unbranched alkanes of at least 4 members (excludes halogenated alkanes) is 6. The van der Waals surface area contributed by atoms with Crippen LogP contribution in [0.25, 0.3) is 0 Å². The fraction of sp³-hybridized carbons (Fsp3) is 0.750. The van der Waals surface area contributed by atoms with Gasteiger partial charge < -0.3 is 59.4 Å². The van der Waals surface area contributed by atoms with Gasteiger partial charge >= 0.3 is 21.1 Å². The molecular formula is C24H42O12W. The van der Waals surface area contributed by atoms with Crippen molar-refractivity contribution in [2.75, 3.05) is 39.6 Å². The maximum absolute atomic E-state index is 9.53. The predicted octanol–water partition coefficient (Wildman–Crippen LogP) is -4.05. The van der Waals surface area contributed by atoms with E-state index in [-0.39, 0.29) is 60.7 Å². The molecule has 0 rings (SSSR count). The predicted molar refractivity (Wildman–Crippen MR) is 121 cm³/mol. The van der Waals surface area contributed by atoms with Crippen molar-refractivity contribution >= 4 is 37.7 Å². The van der Waals surface area contributed by atoms with Crippen LogP contribution in [0.5, 0.6) is 0 Å². The first kappa shape index (κ1) is 52.0. The smallest absolute Gasteiger partial charge is 0.854 e. The van der Waals surface area contributed by atoms with Gasteiger partial charge in [0.25, 0.3) is 0 Å². The minimum atomic E-state index is -0.126. The number of carbonyl (C=O) groups excluding carboxylic acids is 6. The number of hydrogen-bond donors (Lipinski definition) is 0. The van der Waals surface area contributed by atoms with Gasteiger partial charge in [0.1, 0.15) is 37.7 Å². The van der Waals surface area contributed by atoms with E-state index in [4.69, 9.17) is 0 Å². The van der Waals surface area contributed by atoms with Crippen LogP contribution in [0.15, 0.2) is 0 Å². The molecule has 0 unspecified atom stereocenters. The van der Waals surface area contributed by atoms with Crippen LogP contribution < -0.4 is 30.6 Å². The average Bonchev–Trinajstić information content (AvgIpc) is 2.92. The van der Waals surface area contributed by atoms with Gasteiger partial charge in [0, 0.05) is 38.5 Å². The van der Waals surface area contributed by atoms with E-state index in [1.165, 1.54) is 0 Å².